The van der Waals surface area contributed by atoms with Crippen LogP contribution in [-0.2, 0) is 12.8 Å². The normalized spacial score (nSPS) is 12.3. The summed E-state index contributed by atoms with van der Waals surface area (Å²) in [4.78, 5) is 4.23. The second kappa shape index (κ2) is 6.31. The lowest BCUT2D eigenvalue weighted by atomic mass is 10.0. The smallest absolute Gasteiger partial charge is 0.0598 e. The van der Waals surface area contributed by atoms with Crippen molar-refractivity contribution in [2.24, 2.45) is 0 Å². The van der Waals surface area contributed by atoms with Crippen LogP contribution in [0.2, 0.25) is 0 Å². The van der Waals surface area contributed by atoms with Gasteiger partial charge in [-0.05, 0) is 37.5 Å². The molecule has 0 bridgehead atoms. The molecule has 0 aliphatic rings. The fourth-order valence-corrected chi connectivity index (χ4v) is 2.06. The van der Waals surface area contributed by atoms with E-state index in [1.165, 1.54) is 11.1 Å². The van der Waals surface area contributed by atoms with E-state index in [0.717, 1.165) is 18.5 Å². The summed E-state index contributed by atoms with van der Waals surface area (Å²) in [6, 6.07) is 14.2. The predicted molar refractivity (Wildman–Crippen MR) is 73.4 cm³/mol. The first-order valence-corrected chi connectivity index (χ1v) is 6.37. The number of nitrogens with zero attached hydrogens (tertiary/aromatic N) is 1. The molecule has 0 saturated heterocycles. The summed E-state index contributed by atoms with van der Waals surface area (Å²) in [6.07, 6.45) is 3.77. The lowest BCUT2D eigenvalue weighted by Crippen LogP contribution is -2.12. The van der Waals surface area contributed by atoms with Crippen LogP contribution in [0.25, 0.3) is 0 Å². The van der Waals surface area contributed by atoms with Crippen LogP contribution in [0.3, 0.4) is 0 Å². The first-order chi connectivity index (χ1) is 8.74. The molecule has 1 aromatic heterocycles. The predicted octanol–water partition coefficient (Wildman–Crippen LogP) is 2.93. The van der Waals surface area contributed by atoms with Gasteiger partial charge in [-0.3, -0.25) is 4.98 Å². The monoisotopic (exact) mass is 241 g/mol. The third-order valence-corrected chi connectivity index (χ3v) is 3.02. The van der Waals surface area contributed by atoms with Gasteiger partial charge in [-0.25, -0.2) is 0 Å². The zero-order valence-electron chi connectivity index (χ0n) is 10.7. The number of rotatable bonds is 5. The molecule has 2 heteroatoms. The SMILES string of the molecule is Cc1cccc(CCC(O)Cc2ccccn2)c1. The van der Waals surface area contributed by atoms with Gasteiger partial charge in [0.1, 0.15) is 0 Å². The molecule has 0 spiro atoms. The van der Waals surface area contributed by atoms with Crippen molar-refractivity contribution in [3.8, 4) is 0 Å². The molecule has 0 saturated carbocycles. The van der Waals surface area contributed by atoms with Crippen molar-refractivity contribution in [2.75, 3.05) is 0 Å². The molecule has 2 aromatic rings. The summed E-state index contributed by atoms with van der Waals surface area (Å²) in [6.45, 7) is 2.09. The molecular formula is C16H19NO. The Morgan fingerprint density at radius 3 is 2.78 bits per heavy atom. The second-order valence-electron chi connectivity index (χ2n) is 4.71. The van der Waals surface area contributed by atoms with Crippen LogP contribution in [0, 0.1) is 6.92 Å². The summed E-state index contributed by atoms with van der Waals surface area (Å²) in [5, 5.41) is 9.99. The average molecular weight is 241 g/mol. The zero-order chi connectivity index (χ0) is 12.8. The maximum Gasteiger partial charge on any atom is 0.0598 e. The van der Waals surface area contributed by atoms with Gasteiger partial charge in [0.2, 0.25) is 0 Å². The number of benzene rings is 1. The van der Waals surface area contributed by atoms with Crippen molar-refractivity contribution < 1.29 is 5.11 Å². The molecule has 0 aliphatic heterocycles. The van der Waals surface area contributed by atoms with Crippen molar-refractivity contribution in [3.05, 3.63) is 65.5 Å². The van der Waals surface area contributed by atoms with E-state index in [2.05, 4.69) is 36.2 Å². The average Bonchev–Trinajstić information content (AvgIpc) is 2.38. The lowest BCUT2D eigenvalue weighted by molar-refractivity contribution is 0.164. The highest BCUT2D eigenvalue weighted by Crippen LogP contribution is 2.10. The lowest BCUT2D eigenvalue weighted by Gasteiger charge is -2.10. The maximum absolute atomic E-state index is 9.99. The highest BCUT2D eigenvalue weighted by Gasteiger charge is 2.06. The van der Waals surface area contributed by atoms with Crippen LogP contribution >= 0.6 is 0 Å². The second-order valence-corrected chi connectivity index (χ2v) is 4.71. The van der Waals surface area contributed by atoms with Gasteiger partial charge in [-0.2, -0.15) is 0 Å². The Morgan fingerprint density at radius 2 is 2.06 bits per heavy atom. The van der Waals surface area contributed by atoms with Crippen molar-refractivity contribution in [3.63, 3.8) is 0 Å². The first kappa shape index (κ1) is 12.8. The van der Waals surface area contributed by atoms with Gasteiger partial charge in [0, 0.05) is 18.3 Å². The van der Waals surface area contributed by atoms with E-state index >= 15 is 0 Å². The van der Waals surface area contributed by atoms with Crippen LogP contribution in [0.5, 0.6) is 0 Å². The summed E-state index contributed by atoms with van der Waals surface area (Å²) >= 11 is 0. The van der Waals surface area contributed by atoms with Crippen LogP contribution in [-0.4, -0.2) is 16.2 Å². The first-order valence-electron chi connectivity index (χ1n) is 6.37. The standard InChI is InChI=1S/C16H19NO/c1-13-5-4-6-14(11-13)8-9-16(18)12-15-7-2-3-10-17-15/h2-7,10-11,16,18H,8-9,12H2,1H3. The number of aromatic nitrogens is 1. The summed E-state index contributed by atoms with van der Waals surface area (Å²) < 4.78 is 0. The molecule has 1 unspecified atom stereocenters. The largest absolute Gasteiger partial charge is 0.393 e. The number of pyridine rings is 1. The van der Waals surface area contributed by atoms with E-state index in [-0.39, 0.29) is 6.10 Å². The Labute approximate surface area is 108 Å². The van der Waals surface area contributed by atoms with Gasteiger partial charge in [0.05, 0.1) is 6.10 Å². The number of aryl methyl sites for hydroxylation is 2. The Morgan fingerprint density at radius 1 is 1.17 bits per heavy atom. The highest BCUT2D eigenvalue weighted by molar-refractivity contribution is 5.22. The van der Waals surface area contributed by atoms with Crippen molar-refractivity contribution in [2.45, 2.75) is 32.3 Å². The van der Waals surface area contributed by atoms with Crippen molar-refractivity contribution in [1.82, 2.24) is 4.98 Å². The van der Waals surface area contributed by atoms with E-state index in [1.807, 2.05) is 18.2 Å². The number of hydrogen-bond acceptors (Lipinski definition) is 2. The molecule has 2 nitrogen and oxygen atoms in total. The van der Waals surface area contributed by atoms with E-state index in [0.29, 0.717) is 6.42 Å². The summed E-state index contributed by atoms with van der Waals surface area (Å²) in [5.74, 6) is 0. The maximum atomic E-state index is 9.99. The van der Waals surface area contributed by atoms with Gasteiger partial charge >= 0.3 is 0 Å². The Balaban J connectivity index is 1.83. The summed E-state index contributed by atoms with van der Waals surface area (Å²) in [5.41, 5.74) is 3.51. The van der Waals surface area contributed by atoms with Gasteiger partial charge in [0.15, 0.2) is 0 Å². The van der Waals surface area contributed by atoms with E-state index in [4.69, 9.17) is 0 Å². The van der Waals surface area contributed by atoms with Gasteiger partial charge in [-0.1, -0.05) is 35.9 Å². The van der Waals surface area contributed by atoms with E-state index in [1.54, 1.807) is 6.20 Å². The number of aliphatic hydroxyl groups excluding tert-OH is 1. The molecule has 94 valence electrons. The van der Waals surface area contributed by atoms with Crippen molar-refractivity contribution in [1.29, 1.82) is 0 Å². The van der Waals surface area contributed by atoms with Crippen LogP contribution in [0.15, 0.2) is 48.7 Å². The molecule has 2 rings (SSSR count). The van der Waals surface area contributed by atoms with Crippen LogP contribution in [0.1, 0.15) is 23.2 Å². The quantitative estimate of drug-likeness (QED) is 0.873. The molecule has 0 radical (unpaired) electrons. The molecule has 18 heavy (non-hydrogen) atoms. The van der Waals surface area contributed by atoms with E-state index < -0.39 is 0 Å². The molecule has 0 aliphatic carbocycles. The van der Waals surface area contributed by atoms with Crippen LogP contribution < -0.4 is 0 Å². The minimum Gasteiger partial charge on any atom is -0.393 e. The third-order valence-electron chi connectivity index (χ3n) is 3.02. The number of hydrogen-bond donors (Lipinski definition) is 1. The van der Waals surface area contributed by atoms with Gasteiger partial charge in [0.25, 0.3) is 0 Å². The molecule has 0 amide bonds. The Hall–Kier alpha value is -1.67. The molecule has 1 aromatic carbocycles. The Bertz CT molecular complexity index is 481. The molecule has 0 fully saturated rings. The fourth-order valence-electron chi connectivity index (χ4n) is 2.06. The summed E-state index contributed by atoms with van der Waals surface area (Å²) in [7, 11) is 0. The molecular weight excluding hydrogens is 222 g/mol. The zero-order valence-corrected chi connectivity index (χ0v) is 10.7. The highest BCUT2D eigenvalue weighted by atomic mass is 16.3. The topological polar surface area (TPSA) is 33.1 Å². The van der Waals surface area contributed by atoms with Gasteiger partial charge in [-0.15, -0.1) is 0 Å². The Kier molecular flexibility index (Phi) is 4.48. The van der Waals surface area contributed by atoms with E-state index in [9.17, 15) is 5.11 Å². The molecule has 1 atom stereocenters. The van der Waals surface area contributed by atoms with Gasteiger partial charge < -0.3 is 5.11 Å². The fraction of sp³-hybridized carbons (Fsp3) is 0.312. The number of aliphatic hydroxyl groups is 1. The minimum atomic E-state index is -0.319. The van der Waals surface area contributed by atoms with Crippen molar-refractivity contribution >= 4 is 0 Å². The molecule has 1 N–H and O–H groups in total. The van der Waals surface area contributed by atoms with Crippen LogP contribution in [0.4, 0.5) is 0 Å². The third kappa shape index (κ3) is 3.97. The molecule has 1 heterocycles. The minimum absolute atomic E-state index is 0.319.